The maximum absolute atomic E-state index is 13.4. The van der Waals surface area contributed by atoms with Crippen molar-refractivity contribution in [3.8, 4) is 11.1 Å². The molecular weight excluding hydrogens is 446 g/mol. The molecule has 1 aromatic heterocycles. The summed E-state index contributed by atoms with van der Waals surface area (Å²) in [4.78, 5) is 25.0. The lowest BCUT2D eigenvalue weighted by atomic mass is 9.94. The van der Waals surface area contributed by atoms with Crippen LogP contribution in [0.2, 0.25) is 0 Å². The van der Waals surface area contributed by atoms with Gasteiger partial charge in [-0.3, -0.25) is 14.7 Å². The number of fused-ring (bicyclic) bond motifs is 1. The van der Waals surface area contributed by atoms with Crippen LogP contribution in [0.15, 0.2) is 71.7 Å². The molecule has 1 amide bonds. The van der Waals surface area contributed by atoms with E-state index in [0.717, 1.165) is 57.6 Å². The minimum absolute atomic E-state index is 0.122. The van der Waals surface area contributed by atoms with Crippen molar-refractivity contribution in [2.24, 2.45) is 10.7 Å². The van der Waals surface area contributed by atoms with E-state index in [-0.39, 0.29) is 5.91 Å². The van der Waals surface area contributed by atoms with E-state index < -0.39 is 0 Å². The van der Waals surface area contributed by atoms with Gasteiger partial charge in [0.1, 0.15) is 0 Å². The third-order valence-electron chi connectivity index (χ3n) is 7.10. The van der Waals surface area contributed by atoms with Crippen LogP contribution < -0.4 is 10.6 Å². The first-order valence-corrected chi connectivity index (χ1v) is 12.1. The van der Waals surface area contributed by atoms with E-state index >= 15 is 0 Å². The number of benzene rings is 3. The van der Waals surface area contributed by atoms with Gasteiger partial charge in [-0.2, -0.15) is 0 Å². The number of aromatic nitrogens is 1. The first kappa shape index (κ1) is 23.7. The lowest BCUT2D eigenvalue weighted by Crippen LogP contribution is -2.27. The molecule has 1 aliphatic heterocycles. The van der Waals surface area contributed by atoms with Gasteiger partial charge in [-0.05, 0) is 72.8 Å². The first-order valence-electron chi connectivity index (χ1n) is 12.1. The topological polar surface area (TPSA) is 77.7 Å². The summed E-state index contributed by atoms with van der Waals surface area (Å²) in [7, 11) is 3.93. The van der Waals surface area contributed by atoms with Crippen molar-refractivity contribution in [1.82, 2.24) is 9.88 Å². The number of amides is 1. The number of hydrogen-bond donors (Lipinski definition) is 2. The number of carbonyl (C=O) groups is 1. The van der Waals surface area contributed by atoms with E-state index in [0.29, 0.717) is 17.8 Å². The molecule has 36 heavy (non-hydrogen) atoms. The number of aromatic amines is 1. The molecule has 0 unspecified atom stereocenters. The molecule has 6 heteroatoms. The van der Waals surface area contributed by atoms with Gasteiger partial charge < -0.3 is 15.6 Å². The molecule has 4 aromatic rings. The highest BCUT2D eigenvalue weighted by atomic mass is 16.2. The fourth-order valence-electron chi connectivity index (χ4n) is 5.10. The van der Waals surface area contributed by atoms with Crippen LogP contribution in [0.1, 0.15) is 27.2 Å². The number of carbonyl (C=O) groups excluding carboxylic acids is 1. The number of aliphatic imine (C=N–C) groups is 1. The Morgan fingerprint density at radius 3 is 2.67 bits per heavy atom. The predicted octanol–water partition coefficient (Wildman–Crippen LogP) is 5.54. The molecule has 3 N–H and O–H groups in total. The summed E-state index contributed by atoms with van der Waals surface area (Å²) in [5.41, 5.74) is 15.9. The second-order valence-corrected chi connectivity index (χ2v) is 9.36. The minimum Gasteiger partial charge on any atom is -0.354 e. The molecule has 0 spiro atoms. The Hall–Kier alpha value is -4.00. The number of nitrogens with zero attached hydrogens (tertiary/aromatic N) is 3. The van der Waals surface area contributed by atoms with Gasteiger partial charge in [0, 0.05) is 43.4 Å². The molecule has 0 fully saturated rings. The second-order valence-electron chi connectivity index (χ2n) is 9.36. The second kappa shape index (κ2) is 9.57. The number of para-hydroxylation sites is 1. The normalized spacial score (nSPS) is 13.7. The number of likely N-dealkylation sites (N-methyl/N-ethyl adjacent to an activating group) is 1. The standard InChI is InChI=1S/C30H31N5O/c1-19-22(9-7-11-28(19)35(4)30(36)24-8-5-6-10-26(24)32-2)23-13-12-20(17-31)29-25(23)16-27(33-29)21-14-15-34(3)18-21/h5-14,16,33H,2,15,17-18,31H2,1,3-4H3. The summed E-state index contributed by atoms with van der Waals surface area (Å²) in [6, 6.07) is 19.9. The zero-order valence-electron chi connectivity index (χ0n) is 21.0. The molecule has 1 aliphatic rings. The number of nitrogens with one attached hydrogen (secondary N) is 1. The van der Waals surface area contributed by atoms with E-state index in [9.17, 15) is 4.79 Å². The van der Waals surface area contributed by atoms with E-state index in [1.807, 2.05) is 24.3 Å². The maximum Gasteiger partial charge on any atom is 0.260 e. The smallest absolute Gasteiger partial charge is 0.260 e. The Morgan fingerprint density at radius 1 is 1.14 bits per heavy atom. The highest BCUT2D eigenvalue weighted by molar-refractivity contribution is 6.10. The Kier molecular flexibility index (Phi) is 6.31. The van der Waals surface area contributed by atoms with E-state index in [4.69, 9.17) is 5.73 Å². The molecule has 6 nitrogen and oxygen atoms in total. The molecule has 0 saturated carbocycles. The van der Waals surface area contributed by atoms with Crippen LogP contribution in [-0.4, -0.2) is 49.7 Å². The van der Waals surface area contributed by atoms with Gasteiger partial charge in [-0.25, -0.2) is 0 Å². The van der Waals surface area contributed by atoms with Crippen molar-refractivity contribution in [1.29, 1.82) is 0 Å². The van der Waals surface area contributed by atoms with Crippen molar-refractivity contribution in [3.05, 3.63) is 89.1 Å². The fourth-order valence-corrected chi connectivity index (χ4v) is 5.10. The van der Waals surface area contributed by atoms with Crippen LogP contribution in [0.25, 0.3) is 27.6 Å². The number of nitrogens with two attached hydrogens (primary N) is 1. The van der Waals surface area contributed by atoms with E-state index in [1.54, 1.807) is 24.1 Å². The van der Waals surface area contributed by atoms with Crippen molar-refractivity contribution in [2.75, 3.05) is 32.1 Å². The Labute approximate surface area is 211 Å². The molecule has 2 heterocycles. The maximum atomic E-state index is 13.4. The fraction of sp³-hybridized carbons (Fsp3) is 0.200. The number of rotatable bonds is 6. The van der Waals surface area contributed by atoms with Crippen LogP contribution >= 0.6 is 0 Å². The third-order valence-corrected chi connectivity index (χ3v) is 7.10. The van der Waals surface area contributed by atoms with Crippen molar-refractivity contribution < 1.29 is 4.79 Å². The average Bonchev–Trinajstić information content (AvgIpc) is 3.54. The lowest BCUT2D eigenvalue weighted by molar-refractivity contribution is 0.0993. The largest absolute Gasteiger partial charge is 0.354 e. The quantitative estimate of drug-likeness (QED) is 0.358. The van der Waals surface area contributed by atoms with Gasteiger partial charge >= 0.3 is 0 Å². The summed E-state index contributed by atoms with van der Waals surface area (Å²) in [6.07, 6.45) is 2.27. The SMILES string of the molecule is C=Nc1ccccc1C(=O)N(C)c1cccc(-c2ccc(CN)c3[nH]c(C4=CCN(C)C4)cc23)c1C. The molecule has 5 rings (SSSR count). The molecule has 0 saturated heterocycles. The van der Waals surface area contributed by atoms with E-state index in [2.05, 4.69) is 65.9 Å². The van der Waals surface area contributed by atoms with Crippen LogP contribution in [0.3, 0.4) is 0 Å². The molecule has 0 radical (unpaired) electrons. The van der Waals surface area contributed by atoms with Gasteiger partial charge in [0.25, 0.3) is 5.91 Å². The van der Waals surface area contributed by atoms with Gasteiger partial charge in [-0.15, -0.1) is 0 Å². The number of H-pyrrole nitrogens is 1. The highest BCUT2D eigenvalue weighted by Gasteiger charge is 2.21. The molecular formula is C30H31N5O. The third kappa shape index (κ3) is 4.04. The number of hydrogen-bond acceptors (Lipinski definition) is 4. The Morgan fingerprint density at radius 2 is 1.94 bits per heavy atom. The van der Waals surface area contributed by atoms with Gasteiger partial charge in [0.15, 0.2) is 0 Å². The zero-order chi connectivity index (χ0) is 25.4. The lowest BCUT2D eigenvalue weighted by Gasteiger charge is -2.22. The molecule has 0 atom stereocenters. The van der Waals surface area contributed by atoms with Crippen molar-refractivity contribution in [2.45, 2.75) is 13.5 Å². The van der Waals surface area contributed by atoms with Gasteiger partial charge in [0.05, 0.1) is 16.8 Å². The minimum atomic E-state index is -0.122. The summed E-state index contributed by atoms with van der Waals surface area (Å²) < 4.78 is 0. The summed E-state index contributed by atoms with van der Waals surface area (Å²) in [5.74, 6) is -0.122. The predicted molar refractivity (Wildman–Crippen MR) is 150 cm³/mol. The van der Waals surface area contributed by atoms with Crippen molar-refractivity contribution >= 4 is 40.5 Å². The summed E-state index contributed by atoms with van der Waals surface area (Å²) >= 11 is 0. The first-order chi connectivity index (χ1) is 17.4. The van der Waals surface area contributed by atoms with Gasteiger partial charge in [-0.1, -0.05) is 42.5 Å². The van der Waals surface area contributed by atoms with Crippen LogP contribution in [0.4, 0.5) is 11.4 Å². The molecule has 3 aromatic carbocycles. The monoisotopic (exact) mass is 477 g/mol. The van der Waals surface area contributed by atoms with Gasteiger partial charge in [0.2, 0.25) is 0 Å². The summed E-state index contributed by atoms with van der Waals surface area (Å²) in [6.45, 7) is 8.01. The zero-order valence-corrected chi connectivity index (χ0v) is 21.0. The Balaban J connectivity index is 1.60. The molecule has 182 valence electrons. The van der Waals surface area contributed by atoms with Crippen LogP contribution in [-0.2, 0) is 6.54 Å². The molecule has 0 bridgehead atoms. The number of anilines is 1. The van der Waals surface area contributed by atoms with Crippen molar-refractivity contribution in [3.63, 3.8) is 0 Å². The summed E-state index contributed by atoms with van der Waals surface area (Å²) in [5, 5.41) is 1.14. The van der Waals surface area contributed by atoms with Crippen LogP contribution in [0, 0.1) is 6.92 Å². The highest BCUT2D eigenvalue weighted by Crippen LogP contribution is 2.38. The van der Waals surface area contributed by atoms with Crippen LogP contribution in [0.5, 0.6) is 0 Å². The Bertz CT molecular complexity index is 1510. The average molecular weight is 478 g/mol. The van der Waals surface area contributed by atoms with E-state index in [1.165, 1.54) is 5.57 Å². The molecule has 0 aliphatic carbocycles.